The third-order valence-electron chi connectivity index (χ3n) is 12.2. The predicted molar refractivity (Wildman–Crippen MR) is 217 cm³/mol. The molecule has 0 saturated carbocycles. The highest BCUT2D eigenvalue weighted by Gasteiger charge is 2.52. The molecule has 0 bridgehead atoms. The average Bonchev–Trinajstić information content (AvgIpc) is 3.16. The molecule has 0 aromatic rings. The van der Waals surface area contributed by atoms with Crippen LogP contribution in [0.4, 0.5) is 0 Å². The summed E-state index contributed by atoms with van der Waals surface area (Å²) in [6, 6.07) is -1.10. The molecule has 0 aromatic carbocycles. The minimum absolute atomic E-state index is 0.0370. The van der Waals surface area contributed by atoms with E-state index in [0.717, 1.165) is 6.29 Å². The number of rotatable bonds is 11. The lowest BCUT2D eigenvalue weighted by Crippen LogP contribution is -2.65. The number of nitrogens with zero attached hydrogens (tertiary/aromatic N) is 2. The zero-order valence-corrected chi connectivity index (χ0v) is 36.5. The molecule has 0 aliphatic carbocycles. The summed E-state index contributed by atoms with van der Waals surface area (Å²) in [5.74, 6) is -1.67. The van der Waals surface area contributed by atoms with Gasteiger partial charge in [-0.1, -0.05) is 31.2 Å². The molecule has 16 nitrogen and oxygen atoms in total. The minimum Gasteiger partial charge on any atom is -0.462 e. The Morgan fingerprint density at radius 1 is 0.915 bits per heavy atom. The number of aliphatic hydroxyl groups excluding tert-OH is 3. The van der Waals surface area contributed by atoms with Crippen LogP contribution in [-0.2, 0) is 47.5 Å². The Morgan fingerprint density at radius 3 is 2.25 bits per heavy atom. The maximum Gasteiger partial charge on any atom is 0.308 e. The smallest absolute Gasteiger partial charge is 0.308 e. The molecule has 340 valence electrons. The van der Waals surface area contributed by atoms with Gasteiger partial charge >= 0.3 is 5.97 Å². The van der Waals surface area contributed by atoms with E-state index < -0.39 is 123 Å². The predicted octanol–water partition coefficient (Wildman–Crippen LogP) is 2.33. The van der Waals surface area contributed by atoms with Crippen LogP contribution in [0.25, 0.3) is 0 Å². The van der Waals surface area contributed by atoms with Gasteiger partial charge in [-0.2, -0.15) is 0 Å². The minimum atomic E-state index is -2.28. The van der Waals surface area contributed by atoms with E-state index in [-0.39, 0.29) is 31.2 Å². The van der Waals surface area contributed by atoms with Crippen molar-refractivity contribution in [3.05, 3.63) is 24.3 Å². The van der Waals surface area contributed by atoms with Crippen LogP contribution in [0, 0.1) is 11.8 Å². The lowest BCUT2D eigenvalue weighted by molar-refractivity contribution is -0.344. The number of methoxy groups -OCH3 is 1. The number of hydrogen-bond acceptors (Lipinski definition) is 16. The van der Waals surface area contributed by atoms with Crippen LogP contribution in [0.2, 0.25) is 0 Å². The van der Waals surface area contributed by atoms with Gasteiger partial charge in [-0.15, -0.1) is 0 Å². The Balaban J connectivity index is 1.66. The molecule has 4 aliphatic rings. The lowest BCUT2D eigenvalue weighted by Gasteiger charge is -2.50. The number of aliphatic hydroxyl groups is 4. The first-order valence-electron chi connectivity index (χ1n) is 22.6. The van der Waals surface area contributed by atoms with Gasteiger partial charge in [0.05, 0.1) is 54.7 Å². The van der Waals surface area contributed by atoms with Crippen LogP contribution in [-0.4, -0.2) is 181 Å². The van der Waals surface area contributed by atoms with Crippen molar-refractivity contribution in [3.8, 4) is 0 Å². The van der Waals surface area contributed by atoms with Gasteiger partial charge in [0.15, 0.2) is 18.9 Å². The van der Waals surface area contributed by atoms with Gasteiger partial charge < -0.3 is 72.9 Å². The van der Waals surface area contributed by atoms with Crippen molar-refractivity contribution in [2.24, 2.45) is 11.8 Å². The molecule has 0 aromatic heterocycles. The number of aldehydes is 1. The van der Waals surface area contributed by atoms with Crippen LogP contribution in [0.1, 0.15) is 90.6 Å². The van der Waals surface area contributed by atoms with Crippen LogP contribution in [0.5, 0.6) is 0 Å². The first kappa shape index (κ1) is 45.1. The molecule has 3 fully saturated rings. The van der Waals surface area contributed by atoms with Gasteiger partial charge in [0.1, 0.15) is 36.8 Å². The van der Waals surface area contributed by atoms with E-state index in [1.807, 2.05) is 38.2 Å². The molecule has 4 heterocycles. The zero-order valence-electron chi connectivity index (χ0n) is 39.5. The van der Waals surface area contributed by atoms with Crippen molar-refractivity contribution in [1.29, 1.82) is 0 Å². The van der Waals surface area contributed by atoms with E-state index >= 15 is 0 Å². The van der Waals surface area contributed by atoms with Crippen molar-refractivity contribution in [1.82, 2.24) is 9.80 Å². The number of cyclic esters (lactones) is 1. The van der Waals surface area contributed by atoms with Gasteiger partial charge in [0.25, 0.3) is 0 Å². The molecular formula is C43H74N2O14. The first-order chi connectivity index (χ1) is 29.0. The quantitative estimate of drug-likeness (QED) is 0.175. The van der Waals surface area contributed by atoms with Gasteiger partial charge in [-0.25, -0.2) is 0 Å². The monoisotopic (exact) mass is 846 g/mol. The van der Waals surface area contributed by atoms with Crippen LogP contribution in [0.3, 0.4) is 0 Å². The molecule has 0 amide bonds. The summed E-state index contributed by atoms with van der Waals surface area (Å²) in [4.78, 5) is 28.7. The number of esters is 1. The van der Waals surface area contributed by atoms with E-state index in [0.29, 0.717) is 19.3 Å². The van der Waals surface area contributed by atoms with Gasteiger partial charge in [-0.3, -0.25) is 4.79 Å². The lowest BCUT2D eigenvalue weighted by atomic mass is 9.82. The summed E-state index contributed by atoms with van der Waals surface area (Å²) in [7, 11) is 6.44. The molecule has 4 N–H and O–H groups in total. The van der Waals surface area contributed by atoms with Crippen molar-refractivity contribution >= 4 is 12.3 Å². The summed E-state index contributed by atoms with van der Waals surface area (Å²) in [6.07, 6.45) is -3.88. The van der Waals surface area contributed by atoms with Crippen molar-refractivity contribution in [3.63, 3.8) is 0 Å². The second-order valence-electron chi connectivity index (χ2n) is 17.5. The Labute approximate surface area is 355 Å². The van der Waals surface area contributed by atoms with E-state index in [2.05, 4.69) is 0 Å². The molecular weight excluding hydrogens is 768 g/mol. The summed E-state index contributed by atoms with van der Waals surface area (Å²) in [5, 5.41) is 45.1. The number of carbonyl (C=O) groups excluding carboxylic acids is 2. The topological polar surface area (TPSA) is 195 Å². The zero-order chi connectivity index (χ0) is 46.3. The van der Waals surface area contributed by atoms with Gasteiger partial charge in [-0.05, 0) is 93.8 Å². The molecule has 14 unspecified atom stereocenters. The second-order valence-corrected chi connectivity index (χ2v) is 17.5. The fourth-order valence-corrected chi connectivity index (χ4v) is 8.93. The maximum absolute atomic E-state index is 13.1. The second kappa shape index (κ2) is 22.5. The number of allylic oxidation sites excluding steroid dienone is 2. The van der Waals surface area contributed by atoms with Crippen LogP contribution in [0.15, 0.2) is 24.3 Å². The van der Waals surface area contributed by atoms with Crippen molar-refractivity contribution in [2.45, 2.75) is 190 Å². The van der Waals surface area contributed by atoms with E-state index in [9.17, 15) is 30.0 Å². The Kier molecular flexibility index (Phi) is 17.2. The van der Waals surface area contributed by atoms with E-state index in [1.54, 1.807) is 46.8 Å². The Morgan fingerprint density at radius 2 is 1.63 bits per heavy atom. The fraction of sp³-hybridized carbons (Fsp3) is 0.860. The SMILES string of the molecule is [2H]C([2H])([2H])N(C)C1CCC(OC2/C=C\C=C\C[C@H](C)OC(=O)C[C@H](O)[C@@H](OC)[C@H](OC3OC(C)C(OC4CC(C)(O)C(O)C(C)O4)C(N(C)C)C3O)C(CC=O)C[C@@H]2C)OC1C. The summed E-state index contributed by atoms with van der Waals surface area (Å²) in [6.45, 7) is 8.12. The Bertz CT molecular complexity index is 1470. The molecule has 0 spiro atoms. The first-order valence-corrected chi connectivity index (χ1v) is 21.1. The molecule has 19 atom stereocenters. The van der Waals surface area contributed by atoms with E-state index in [4.69, 9.17) is 42.0 Å². The summed E-state index contributed by atoms with van der Waals surface area (Å²) in [5.41, 5.74) is -1.49. The number of ether oxygens (including phenoxy) is 8. The maximum atomic E-state index is 13.1. The third-order valence-corrected chi connectivity index (χ3v) is 12.2. The number of hydrogen-bond donors (Lipinski definition) is 4. The number of carbonyl (C=O) groups is 2. The van der Waals surface area contributed by atoms with Crippen molar-refractivity contribution < 1.29 is 72.0 Å². The van der Waals surface area contributed by atoms with E-state index in [1.165, 1.54) is 18.9 Å². The highest BCUT2D eigenvalue weighted by atomic mass is 16.7. The standard InChI is InChI=1S/C43H74N2O14/c1-24-21-29(19-20-46)39(59-42-37(49)36(45(9)10)38(27(4)56-42)58-35-23-43(6,51)41(50)28(5)55-35)40(52-11)31(47)22-33(48)53-25(2)15-13-12-14-16-32(24)57-34-18-17-30(44(7)8)26(3)54-34/h12-14,16,20,24-32,34-42,47,49-51H,15,17-19,21-23H2,1-11H3/b13-12+,16-14-/t24-,25-,26?,27?,28?,29?,30?,31-,32?,34?,35?,36?,37?,38?,39+,40+,41?,42?,43?/m0/s1/i7D3. The molecule has 59 heavy (non-hydrogen) atoms. The normalized spacial score (nSPS) is 46.8. The highest BCUT2D eigenvalue weighted by molar-refractivity contribution is 5.70. The summed E-state index contributed by atoms with van der Waals surface area (Å²) < 4.78 is 73.4. The molecule has 0 radical (unpaired) electrons. The highest BCUT2D eigenvalue weighted by Crippen LogP contribution is 2.37. The molecule has 3 saturated heterocycles. The largest absolute Gasteiger partial charge is 0.462 e. The Hall–Kier alpha value is -1.90. The number of likely N-dealkylation sites (N-methyl/N-ethyl adjacent to an activating group) is 2. The van der Waals surface area contributed by atoms with Crippen molar-refractivity contribution in [2.75, 3.05) is 35.2 Å². The molecule has 4 aliphatic heterocycles. The van der Waals surface area contributed by atoms with Gasteiger partial charge in [0, 0.05) is 36.5 Å². The third kappa shape index (κ3) is 13.3. The summed E-state index contributed by atoms with van der Waals surface area (Å²) >= 11 is 0. The molecule has 4 rings (SSSR count). The van der Waals surface area contributed by atoms with Crippen LogP contribution < -0.4 is 0 Å². The average molecular weight is 846 g/mol. The van der Waals surface area contributed by atoms with Crippen LogP contribution >= 0.6 is 0 Å². The van der Waals surface area contributed by atoms with Gasteiger partial charge in [0.2, 0.25) is 0 Å². The fourth-order valence-electron chi connectivity index (χ4n) is 8.93. The molecule has 16 heteroatoms.